The summed E-state index contributed by atoms with van der Waals surface area (Å²) in [5.41, 5.74) is 1.40. The maximum absolute atomic E-state index is 3.79. The van der Waals surface area contributed by atoms with E-state index in [0.717, 1.165) is 6.54 Å². The zero-order valence-corrected chi connectivity index (χ0v) is 9.99. The quantitative estimate of drug-likeness (QED) is 0.449. The molecule has 0 bridgehead atoms. The minimum absolute atomic E-state index is 0.0773. The third-order valence-electron chi connectivity index (χ3n) is 2.11. The Balaban J connectivity index is 2.70. The van der Waals surface area contributed by atoms with E-state index in [-0.39, 0.29) is 20.4 Å². The number of nitrogens with zero attached hydrogens (tertiary/aromatic N) is 1. The topological polar surface area (TPSA) is 3.88 Å². The third kappa shape index (κ3) is 1.57. The first-order chi connectivity index (χ1) is 6.33. The molecule has 0 radical (unpaired) electrons. The van der Waals surface area contributed by atoms with Crippen LogP contribution in [0, 0.1) is 6.92 Å². The van der Waals surface area contributed by atoms with E-state index in [9.17, 15) is 0 Å². The molecule has 2 heteroatoms. The van der Waals surface area contributed by atoms with Gasteiger partial charge in [-0.15, -0.1) is 0 Å². The van der Waals surface area contributed by atoms with Gasteiger partial charge in [0.1, 0.15) is 0 Å². The molecular formula is C11H12NTe+. The van der Waals surface area contributed by atoms with Crippen molar-refractivity contribution in [2.45, 2.75) is 13.5 Å². The SMILES string of the molecule is C=CC[n+]1c(C)[te]c2ccccc21. The van der Waals surface area contributed by atoms with Crippen LogP contribution in [0.3, 0.4) is 0 Å². The van der Waals surface area contributed by atoms with Crippen molar-refractivity contribution in [3.8, 4) is 0 Å². The van der Waals surface area contributed by atoms with Gasteiger partial charge < -0.3 is 0 Å². The molecule has 0 aliphatic carbocycles. The summed E-state index contributed by atoms with van der Waals surface area (Å²) in [6.07, 6.45) is 1.97. The zero-order chi connectivity index (χ0) is 9.26. The first-order valence-electron chi connectivity index (χ1n) is 4.32. The third-order valence-corrected chi connectivity index (χ3v) is 5.19. The first kappa shape index (κ1) is 8.99. The van der Waals surface area contributed by atoms with Gasteiger partial charge in [0.05, 0.1) is 0 Å². The summed E-state index contributed by atoms with van der Waals surface area (Å²) in [6.45, 7) is 6.98. The molecule has 0 atom stereocenters. The van der Waals surface area contributed by atoms with E-state index in [1.54, 1.807) is 7.11 Å². The Morgan fingerprint density at radius 2 is 2.23 bits per heavy atom. The van der Waals surface area contributed by atoms with Gasteiger partial charge in [-0.1, -0.05) is 0 Å². The fourth-order valence-electron chi connectivity index (χ4n) is 1.51. The van der Waals surface area contributed by atoms with Gasteiger partial charge in [-0.25, -0.2) is 0 Å². The van der Waals surface area contributed by atoms with Crippen LogP contribution in [0.25, 0.3) is 8.92 Å². The summed E-state index contributed by atoms with van der Waals surface area (Å²) in [6, 6.07) is 8.71. The summed E-state index contributed by atoms with van der Waals surface area (Å²) >= 11 is -0.0773. The number of aryl methyl sites for hydroxylation is 1. The molecule has 13 heavy (non-hydrogen) atoms. The van der Waals surface area contributed by atoms with Crippen molar-refractivity contribution in [1.82, 2.24) is 0 Å². The van der Waals surface area contributed by atoms with Crippen LogP contribution in [-0.4, -0.2) is 20.4 Å². The minimum atomic E-state index is -0.0773. The number of hydrogen-bond donors (Lipinski definition) is 0. The fraction of sp³-hybridized carbons (Fsp3) is 0.182. The maximum atomic E-state index is 3.79. The van der Waals surface area contributed by atoms with E-state index in [2.05, 4.69) is 42.3 Å². The van der Waals surface area contributed by atoms with Crippen LogP contribution in [-0.2, 0) is 6.54 Å². The number of benzene rings is 1. The van der Waals surface area contributed by atoms with Crippen LogP contribution in [0.5, 0.6) is 0 Å². The average Bonchev–Trinajstić information content (AvgIpc) is 2.44. The number of rotatable bonds is 2. The van der Waals surface area contributed by atoms with E-state index in [1.807, 2.05) is 6.08 Å². The van der Waals surface area contributed by atoms with Gasteiger partial charge >= 0.3 is 88.0 Å². The second-order valence-electron chi connectivity index (χ2n) is 2.99. The summed E-state index contributed by atoms with van der Waals surface area (Å²) in [7, 11) is 0. The van der Waals surface area contributed by atoms with Gasteiger partial charge in [0.25, 0.3) is 0 Å². The molecule has 1 heterocycles. The Bertz CT molecular complexity index is 442. The molecular weight excluding hydrogens is 274 g/mol. The molecule has 1 nitrogen and oxygen atoms in total. The molecule has 0 N–H and O–H groups in total. The van der Waals surface area contributed by atoms with Crippen molar-refractivity contribution in [3.05, 3.63) is 40.6 Å². The van der Waals surface area contributed by atoms with E-state index < -0.39 is 0 Å². The second-order valence-corrected chi connectivity index (χ2v) is 6.51. The molecule has 0 spiro atoms. The summed E-state index contributed by atoms with van der Waals surface area (Å²) < 4.78 is 5.49. The molecule has 0 unspecified atom stereocenters. The van der Waals surface area contributed by atoms with Gasteiger partial charge in [0.15, 0.2) is 0 Å². The van der Waals surface area contributed by atoms with Gasteiger partial charge in [0, 0.05) is 0 Å². The standard InChI is InChI=1S/C11H12NTe/c1-3-8-12-9(2)13-11-7-5-4-6-10(11)12/h3-7H,1,8H2,2H3/q+1. The summed E-state index contributed by atoms with van der Waals surface area (Å²) in [5.74, 6) is 0. The first-order valence-corrected chi connectivity index (χ1v) is 6.65. The molecule has 0 fully saturated rings. The van der Waals surface area contributed by atoms with Crippen LogP contribution < -0.4 is 4.57 Å². The Kier molecular flexibility index (Phi) is 2.53. The number of fused-ring (bicyclic) bond motifs is 1. The molecule has 0 aliphatic heterocycles. The normalized spacial score (nSPS) is 10.5. The molecule has 0 amide bonds. The second kappa shape index (κ2) is 3.65. The number of allylic oxidation sites excluding steroid dienone is 1. The molecule has 0 saturated heterocycles. The predicted octanol–water partition coefficient (Wildman–Crippen LogP) is 1.68. The Morgan fingerprint density at radius 1 is 1.46 bits per heavy atom. The van der Waals surface area contributed by atoms with Gasteiger partial charge in [0.2, 0.25) is 0 Å². The van der Waals surface area contributed by atoms with E-state index >= 15 is 0 Å². The fourth-order valence-corrected chi connectivity index (χ4v) is 4.45. The summed E-state index contributed by atoms with van der Waals surface area (Å²) in [4.78, 5) is 0. The van der Waals surface area contributed by atoms with Gasteiger partial charge in [-0.3, -0.25) is 0 Å². The average molecular weight is 286 g/mol. The monoisotopic (exact) mass is 288 g/mol. The van der Waals surface area contributed by atoms with E-state index in [4.69, 9.17) is 0 Å². The van der Waals surface area contributed by atoms with Crippen LogP contribution in [0.15, 0.2) is 36.9 Å². The van der Waals surface area contributed by atoms with Crippen molar-refractivity contribution in [2.24, 2.45) is 0 Å². The van der Waals surface area contributed by atoms with Crippen molar-refractivity contribution in [1.29, 1.82) is 0 Å². The van der Waals surface area contributed by atoms with Crippen molar-refractivity contribution in [2.75, 3.05) is 0 Å². The number of para-hydroxylation sites is 1. The van der Waals surface area contributed by atoms with Crippen LogP contribution in [0.4, 0.5) is 0 Å². The molecule has 66 valence electrons. The van der Waals surface area contributed by atoms with Crippen molar-refractivity contribution in [3.63, 3.8) is 0 Å². The van der Waals surface area contributed by atoms with E-state index in [1.165, 1.54) is 5.52 Å². The number of hydrogen-bond acceptors (Lipinski definition) is 0. The number of aromatic nitrogens is 1. The molecule has 0 saturated carbocycles. The van der Waals surface area contributed by atoms with Crippen LogP contribution in [0.1, 0.15) is 3.71 Å². The predicted molar refractivity (Wildman–Crippen MR) is 56.0 cm³/mol. The van der Waals surface area contributed by atoms with Crippen molar-refractivity contribution >= 4 is 29.3 Å². The van der Waals surface area contributed by atoms with Gasteiger partial charge in [-0.05, 0) is 0 Å². The molecule has 1 aromatic carbocycles. The van der Waals surface area contributed by atoms with E-state index in [0.29, 0.717) is 0 Å². The molecule has 0 aliphatic rings. The molecule has 2 rings (SSSR count). The Labute approximate surface area is 87.9 Å². The Morgan fingerprint density at radius 3 is 3.00 bits per heavy atom. The molecule has 1 aromatic heterocycles. The summed E-state index contributed by atoms with van der Waals surface area (Å²) in [5, 5.41) is 0. The van der Waals surface area contributed by atoms with Gasteiger partial charge in [-0.2, -0.15) is 0 Å². The zero-order valence-electron chi connectivity index (χ0n) is 7.66. The van der Waals surface area contributed by atoms with Crippen molar-refractivity contribution < 1.29 is 4.57 Å². The molecule has 2 aromatic rings. The van der Waals surface area contributed by atoms with Crippen LogP contribution >= 0.6 is 0 Å². The Hall–Kier alpha value is -0.580. The van der Waals surface area contributed by atoms with Crippen LogP contribution in [0.2, 0.25) is 0 Å².